The van der Waals surface area contributed by atoms with Gasteiger partial charge in [0.25, 0.3) is 5.91 Å². The van der Waals surface area contributed by atoms with Crippen molar-refractivity contribution < 1.29 is 38.0 Å². The number of nitrogens with one attached hydrogen (secondary N) is 2. The number of ether oxygens (including phenoxy) is 2. The van der Waals surface area contributed by atoms with E-state index in [2.05, 4.69) is 53.9 Å². The lowest BCUT2D eigenvalue weighted by atomic mass is 9.84. The second kappa shape index (κ2) is 20.9. The van der Waals surface area contributed by atoms with Crippen LogP contribution in [0.15, 0.2) is 53.7 Å². The number of methoxy groups -OCH3 is 1. The molecule has 350 valence electrons. The van der Waals surface area contributed by atoms with Crippen molar-refractivity contribution in [2.24, 2.45) is 17.3 Å². The first-order valence-corrected chi connectivity index (χ1v) is 22.6. The number of carbonyl (C=O) groups is 5. The number of aryl methyl sites for hydroxylation is 1. The van der Waals surface area contributed by atoms with E-state index in [1.54, 1.807) is 25.3 Å². The summed E-state index contributed by atoms with van der Waals surface area (Å²) in [6.07, 6.45) is 5.34. The van der Waals surface area contributed by atoms with E-state index in [0.717, 1.165) is 46.3 Å². The number of likely N-dealkylation sites (N-methyl/N-ethyl adjacent to an activating group) is 1. The number of carbonyl (C=O) groups excluding carboxylic acids is 5. The number of benzene rings is 1. The summed E-state index contributed by atoms with van der Waals surface area (Å²) in [6, 6.07) is 7.96. The zero-order chi connectivity index (χ0) is 47.2. The van der Waals surface area contributed by atoms with Gasteiger partial charge in [0.1, 0.15) is 12.1 Å². The van der Waals surface area contributed by atoms with Crippen molar-refractivity contribution in [3.8, 4) is 22.6 Å². The Bertz CT molecular complexity index is 2380. The lowest BCUT2D eigenvalue weighted by molar-refractivity contribution is -0.146. The molecule has 3 aromatic heterocycles. The van der Waals surface area contributed by atoms with Gasteiger partial charge in [-0.05, 0) is 87.4 Å². The van der Waals surface area contributed by atoms with E-state index in [1.807, 2.05) is 45.0 Å². The van der Waals surface area contributed by atoms with Crippen LogP contribution >= 0.6 is 0 Å². The molecule has 5 heterocycles. The molecule has 0 bridgehead atoms. The topological polar surface area (TPSA) is 194 Å². The molecule has 2 fully saturated rings. The Kier molecular flexibility index (Phi) is 15.6. The summed E-state index contributed by atoms with van der Waals surface area (Å²) in [5.41, 5.74) is 8.10. The Morgan fingerprint density at radius 1 is 1.12 bits per heavy atom. The number of fused-ring (bicyclic) bond motifs is 1. The highest BCUT2D eigenvalue weighted by Crippen LogP contribution is 2.41. The van der Waals surface area contributed by atoms with Gasteiger partial charge in [-0.15, -0.1) is 0 Å². The van der Waals surface area contributed by atoms with Gasteiger partial charge < -0.3 is 33.7 Å². The first kappa shape index (κ1) is 48.5. The molecule has 65 heavy (non-hydrogen) atoms. The van der Waals surface area contributed by atoms with Crippen LogP contribution in [0.3, 0.4) is 0 Å². The number of hydrazine groups is 1. The number of aromatic nitrogens is 4. The average Bonchev–Trinajstić information content (AvgIpc) is 4.05. The van der Waals surface area contributed by atoms with Crippen molar-refractivity contribution in [3.05, 3.63) is 66.3 Å². The monoisotopic (exact) mass is 895 g/mol. The predicted molar refractivity (Wildman–Crippen MR) is 245 cm³/mol. The average molecular weight is 896 g/mol. The summed E-state index contributed by atoms with van der Waals surface area (Å²) >= 11 is 0. The third-order valence-electron chi connectivity index (χ3n) is 12.4. The third-order valence-corrected chi connectivity index (χ3v) is 12.4. The minimum absolute atomic E-state index is 0.102. The van der Waals surface area contributed by atoms with Crippen LogP contribution in [0.5, 0.6) is 0 Å². The van der Waals surface area contributed by atoms with Gasteiger partial charge in [0, 0.05) is 87.4 Å². The standard InChI is InChI=1S/C48H65N9O8/c1-11-40(59)55-23-19-33(27-55)46(61)54(9)42(29(3)4)45(60)51-37(47(62)57-22-14-13-21-50-57)25-39-52-44(53-65-39)32-17-18-38-35(24-32)36(26-48(7,8)28-64-31(6)58)43(56(38)12-2)34-16-15-20-49-41(34)30(5)63-10/h11,15-18,20,24,29-30,33,37,42,50H,1,12-14,19,21-23,25-28H2,2-10H3,(H,51,60)/t30-,33-,37-,42-/m0/s1. The minimum atomic E-state index is -1.10. The fourth-order valence-electron chi connectivity index (χ4n) is 9.05. The Labute approximate surface area is 381 Å². The number of amides is 4. The van der Waals surface area contributed by atoms with E-state index in [4.69, 9.17) is 24.0 Å². The maximum Gasteiger partial charge on any atom is 0.302 e. The number of nitrogens with zero attached hydrogens (tertiary/aromatic N) is 7. The Hall–Kier alpha value is -5.94. The molecule has 0 saturated carbocycles. The van der Waals surface area contributed by atoms with Gasteiger partial charge in [-0.2, -0.15) is 4.98 Å². The molecule has 0 spiro atoms. The first-order valence-electron chi connectivity index (χ1n) is 22.6. The van der Waals surface area contributed by atoms with E-state index in [-0.39, 0.29) is 61.2 Å². The number of hydrogen-bond donors (Lipinski definition) is 2. The molecule has 4 aromatic rings. The molecule has 0 unspecified atom stereocenters. The van der Waals surface area contributed by atoms with Crippen molar-refractivity contribution in [2.45, 2.75) is 105 Å². The number of rotatable bonds is 18. The van der Waals surface area contributed by atoms with Gasteiger partial charge in [0.2, 0.25) is 29.4 Å². The van der Waals surface area contributed by atoms with Crippen molar-refractivity contribution >= 4 is 40.5 Å². The highest BCUT2D eigenvalue weighted by atomic mass is 16.5. The Morgan fingerprint density at radius 2 is 1.89 bits per heavy atom. The quantitative estimate of drug-likeness (QED) is 0.0971. The van der Waals surface area contributed by atoms with E-state index in [9.17, 15) is 24.0 Å². The normalized spacial score (nSPS) is 16.9. The lowest BCUT2D eigenvalue weighted by Crippen LogP contribution is -2.59. The van der Waals surface area contributed by atoms with Crippen LogP contribution in [0, 0.1) is 17.3 Å². The number of pyridine rings is 1. The first-order chi connectivity index (χ1) is 31.0. The summed E-state index contributed by atoms with van der Waals surface area (Å²) in [5, 5.41) is 9.80. The summed E-state index contributed by atoms with van der Waals surface area (Å²) in [4.78, 5) is 79.0. The molecular formula is C48H65N9O8. The number of esters is 1. The van der Waals surface area contributed by atoms with Crippen LogP contribution in [0.1, 0.15) is 91.0 Å². The Morgan fingerprint density at radius 3 is 2.55 bits per heavy atom. The van der Waals surface area contributed by atoms with Crippen LogP contribution in [0.25, 0.3) is 33.5 Å². The lowest BCUT2D eigenvalue weighted by Gasteiger charge is -2.34. The predicted octanol–water partition coefficient (Wildman–Crippen LogP) is 5.28. The van der Waals surface area contributed by atoms with Gasteiger partial charge in [-0.1, -0.05) is 39.4 Å². The summed E-state index contributed by atoms with van der Waals surface area (Å²) in [5.74, 6) is -2.03. The fraction of sp³-hybridized carbons (Fsp3) is 0.542. The van der Waals surface area contributed by atoms with Gasteiger partial charge >= 0.3 is 5.97 Å². The van der Waals surface area contributed by atoms with Crippen LogP contribution in [-0.4, -0.2) is 123 Å². The molecule has 2 N–H and O–H groups in total. The molecule has 4 amide bonds. The molecule has 4 atom stereocenters. The molecule has 2 aliphatic heterocycles. The Balaban J connectivity index is 1.33. The van der Waals surface area contributed by atoms with Gasteiger partial charge in [-0.25, -0.2) is 5.43 Å². The van der Waals surface area contributed by atoms with Crippen LogP contribution in [0.2, 0.25) is 0 Å². The van der Waals surface area contributed by atoms with Crippen LogP contribution in [0.4, 0.5) is 0 Å². The van der Waals surface area contributed by atoms with Crippen molar-refractivity contribution in [2.75, 3.05) is 46.9 Å². The zero-order valence-electron chi connectivity index (χ0n) is 39.3. The number of hydrogen-bond acceptors (Lipinski definition) is 12. The smallest absolute Gasteiger partial charge is 0.302 e. The second-order valence-electron chi connectivity index (χ2n) is 18.2. The van der Waals surface area contributed by atoms with E-state index in [0.29, 0.717) is 50.4 Å². The molecule has 17 heteroatoms. The van der Waals surface area contributed by atoms with Gasteiger partial charge in [0.15, 0.2) is 0 Å². The van der Waals surface area contributed by atoms with Crippen molar-refractivity contribution in [1.29, 1.82) is 0 Å². The molecule has 0 aliphatic carbocycles. The van der Waals surface area contributed by atoms with E-state index in [1.165, 1.54) is 22.9 Å². The van der Waals surface area contributed by atoms with Gasteiger partial charge in [-0.3, -0.25) is 34.0 Å². The van der Waals surface area contributed by atoms with E-state index >= 15 is 0 Å². The maximum absolute atomic E-state index is 14.3. The zero-order valence-corrected chi connectivity index (χ0v) is 39.3. The van der Waals surface area contributed by atoms with E-state index < -0.39 is 29.3 Å². The molecule has 6 rings (SSSR count). The van der Waals surface area contributed by atoms with Crippen LogP contribution < -0.4 is 10.7 Å². The largest absolute Gasteiger partial charge is 0.465 e. The maximum atomic E-state index is 14.3. The summed E-state index contributed by atoms with van der Waals surface area (Å²) < 4.78 is 19.4. The minimum Gasteiger partial charge on any atom is -0.465 e. The second-order valence-corrected chi connectivity index (χ2v) is 18.2. The molecule has 2 aliphatic rings. The summed E-state index contributed by atoms with van der Waals surface area (Å²) in [6.45, 7) is 19.5. The fourth-order valence-corrected chi connectivity index (χ4v) is 9.05. The molecule has 2 saturated heterocycles. The SMILES string of the molecule is C=CC(=O)N1CC[C@H](C(=O)N(C)[C@H](C(=O)N[C@@H](Cc2nc(-c3ccc4c(c3)c(CC(C)(C)COC(C)=O)c(-c3cccnc3[C@H](C)OC)n4CC)no2)C(=O)N2CCCCN2)C(C)C)C1. The number of likely N-dealkylation sites (tertiary alicyclic amines) is 1. The highest BCUT2D eigenvalue weighted by molar-refractivity contribution is 5.95. The molecule has 0 radical (unpaired) electrons. The summed E-state index contributed by atoms with van der Waals surface area (Å²) in [7, 11) is 3.25. The van der Waals surface area contributed by atoms with Crippen molar-refractivity contribution in [1.82, 2.24) is 45.2 Å². The van der Waals surface area contributed by atoms with Crippen LogP contribution in [-0.2, 0) is 52.8 Å². The third kappa shape index (κ3) is 11.0. The molecular weight excluding hydrogens is 831 g/mol. The van der Waals surface area contributed by atoms with Crippen molar-refractivity contribution in [3.63, 3.8) is 0 Å². The molecule has 17 nitrogen and oxygen atoms in total. The highest BCUT2D eigenvalue weighted by Gasteiger charge is 2.39. The molecule has 1 aromatic carbocycles. The van der Waals surface area contributed by atoms with Gasteiger partial charge in [0.05, 0.1) is 36.4 Å².